The van der Waals surface area contributed by atoms with Gasteiger partial charge in [0, 0.05) is 6.04 Å². The fourth-order valence-corrected chi connectivity index (χ4v) is 2.55. The number of hydrogen-bond donors (Lipinski definition) is 1. The molecule has 1 aliphatic carbocycles. The van der Waals surface area contributed by atoms with Crippen LogP contribution in [0.4, 0.5) is 0 Å². The highest BCUT2D eigenvalue weighted by molar-refractivity contribution is 5.73. The minimum absolute atomic E-state index is 0.205. The van der Waals surface area contributed by atoms with Crippen LogP contribution in [0.3, 0.4) is 0 Å². The van der Waals surface area contributed by atoms with Crippen molar-refractivity contribution in [3.8, 4) is 0 Å². The van der Waals surface area contributed by atoms with Crippen molar-refractivity contribution in [3.05, 3.63) is 0 Å². The van der Waals surface area contributed by atoms with Gasteiger partial charge < -0.3 is 5.11 Å². The third-order valence-electron chi connectivity index (χ3n) is 3.52. The molecule has 14 heavy (non-hydrogen) atoms. The Bertz CT molecular complexity index is 225. The zero-order valence-corrected chi connectivity index (χ0v) is 8.78. The van der Waals surface area contributed by atoms with Gasteiger partial charge in [-0.15, -0.1) is 0 Å². The van der Waals surface area contributed by atoms with E-state index in [-0.39, 0.29) is 6.04 Å². The van der Waals surface area contributed by atoms with Gasteiger partial charge in [0.1, 0.15) is 6.04 Å². The first-order valence-corrected chi connectivity index (χ1v) is 5.67. The smallest absolute Gasteiger partial charge is 0.320 e. The number of aliphatic carboxylic acids is 1. The first-order chi connectivity index (χ1) is 6.68. The molecule has 0 aromatic carbocycles. The van der Waals surface area contributed by atoms with Crippen LogP contribution in [0.25, 0.3) is 0 Å². The van der Waals surface area contributed by atoms with Gasteiger partial charge in [-0.05, 0) is 38.6 Å². The monoisotopic (exact) mass is 197 g/mol. The van der Waals surface area contributed by atoms with Crippen LogP contribution < -0.4 is 0 Å². The van der Waals surface area contributed by atoms with E-state index in [1.54, 1.807) is 0 Å². The van der Waals surface area contributed by atoms with Gasteiger partial charge >= 0.3 is 5.97 Å². The maximum absolute atomic E-state index is 11.0. The van der Waals surface area contributed by atoms with Crippen molar-refractivity contribution in [2.45, 2.75) is 51.1 Å². The maximum Gasteiger partial charge on any atom is 0.320 e. The third kappa shape index (κ3) is 2.08. The molecule has 0 radical (unpaired) electrons. The van der Waals surface area contributed by atoms with E-state index < -0.39 is 5.97 Å². The number of rotatable bonds is 4. The van der Waals surface area contributed by atoms with E-state index in [0.29, 0.717) is 6.04 Å². The van der Waals surface area contributed by atoms with E-state index in [0.717, 1.165) is 25.3 Å². The van der Waals surface area contributed by atoms with Gasteiger partial charge in [-0.3, -0.25) is 9.69 Å². The standard InChI is InChI=1S/C11H19NO2/c1-8(7-9-4-5-9)12-6-2-3-10(12)11(13)14/h8-10H,2-7H2,1H3,(H,13,14). The van der Waals surface area contributed by atoms with Crippen molar-refractivity contribution < 1.29 is 9.90 Å². The number of likely N-dealkylation sites (tertiary alicyclic amines) is 1. The molecule has 2 fully saturated rings. The van der Waals surface area contributed by atoms with E-state index in [1.165, 1.54) is 19.3 Å². The molecular formula is C11H19NO2. The molecule has 0 spiro atoms. The lowest BCUT2D eigenvalue weighted by Gasteiger charge is -2.28. The molecule has 1 saturated heterocycles. The average molecular weight is 197 g/mol. The van der Waals surface area contributed by atoms with Crippen LogP contribution in [0.2, 0.25) is 0 Å². The van der Waals surface area contributed by atoms with Crippen LogP contribution in [-0.4, -0.2) is 34.6 Å². The maximum atomic E-state index is 11.0. The van der Waals surface area contributed by atoms with Crippen LogP contribution in [0.15, 0.2) is 0 Å². The summed E-state index contributed by atoms with van der Waals surface area (Å²) in [6.07, 6.45) is 5.80. The predicted octanol–water partition coefficient (Wildman–Crippen LogP) is 1.72. The van der Waals surface area contributed by atoms with Crippen LogP contribution in [0.5, 0.6) is 0 Å². The number of carboxylic acid groups (broad SMARTS) is 1. The summed E-state index contributed by atoms with van der Waals surface area (Å²) in [5.74, 6) is 0.255. The molecule has 80 valence electrons. The van der Waals surface area contributed by atoms with E-state index in [2.05, 4.69) is 11.8 Å². The molecule has 2 unspecified atom stereocenters. The van der Waals surface area contributed by atoms with Crippen LogP contribution in [-0.2, 0) is 4.79 Å². The summed E-state index contributed by atoms with van der Waals surface area (Å²) in [4.78, 5) is 13.2. The first kappa shape index (κ1) is 9.97. The Kier molecular flexibility index (Phi) is 2.77. The van der Waals surface area contributed by atoms with Crippen molar-refractivity contribution in [2.24, 2.45) is 5.92 Å². The number of hydrogen-bond acceptors (Lipinski definition) is 2. The minimum Gasteiger partial charge on any atom is -0.480 e. The number of carbonyl (C=O) groups is 1. The fourth-order valence-electron chi connectivity index (χ4n) is 2.55. The van der Waals surface area contributed by atoms with Crippen molar-refractivity contribution in [1.29, 1.82) is 0 Å². The summed E-state index contributed by atoms with van der Waals surface area (Å²) < 4.78 is 0. The molecular weight excluding hydrogens is 178 g/mol. The lowest BCUT2D eigenvalue weighted by Crippen LogP contribution is -2.42. The van der Waals surface area contributed by atoms with Gasteiger partial charge in [-0.2, -0.15) is 0 Å². The molecule has 0 bridgehead atoms. The predicted molar refractivity (Wildman–Crippen MR) is 54.2 cm³/mol. The van der Waals surface area contributed by atoms with E-state index >= 15 is 0 Å². The highest BCUT2D eigenvalue weighted by atomic mass is 16.4. The van der Waals surface area contributed by atoms with Crippen LogP contribution in [0.1, 0.15) is 39.0 Å². The Labute approximate surface area is 85.1 Å². The molecule has 3 heteroatoms. The molecule has 1 aliphatic heterocycles. The van der Waals surface area contributed by atoms with Crippen LogP contribution in [0, 0.1) is 5.92 Å². The summed E-state index contributed by atoms with van der Waals surface area (Å²) >= 11 is 0. The second-order valence-electron chi connectivity index (χ2n) is 4.76. The summed E-state index contributed by atoms with van der Waals surface area (Å²) in [5.41, 5.74) is 0. The van der Waals surface area contributed by atoms with Gasteiger partial charge in [0.2, 0.25) is 0 Å². The average Bonchev–Trinajstić information content (AvgIpc) is 2.81. The van der Waals surface area contributed by atoms with Gasteiger partial charge in [0.15, 0.2) is 0 Å². The Morgan fingerprint density at radius 2 is 2.21 bits per heavy atom. The summed E-state index contributed by atoms with van der Waals surface area (Å²) in [6.45, 7) is 3.16. The van der Waals surface area contributed by atoms with E-state index in [1.807, 2.05) is 0 Å². The van der Waals surface area contributed by atoms with Gasteiger partial charge in [0.25, 0.3) is 0 Å². The summed E-state index contributed by atoms with van der Waals surface area (Å²) in [5, 5.41) is 9.04. The Morgan fingerprint density at radius 1 is 1.50 bits per heavy atom. The Hall–Kier alpha value is -0.570. The first-order valence-electron chi connectivity index (χ1n) is 5.67. The minimum atomic E-state index is -0.634. The number of nitrogens with zero attached hydrogens (tertiary/aromatic N) is 1. The topological polar surface area (TPSA) is 40.5 Å². The zero-order valence-electron chi connectivity index (χ0n) is 8.78. The van der Waals surface area contributed by atoms with Gasteiger partial charge in [-0.25, -0.2) is 0 Å². The largest absolute Gasteiger partial charge is 0.480 e. The second kappa shape index (κ2) is 3.89. The van der Waals surface area contributed by atoms with Gasteiger partial charge in [0.05, 0.1) is 0 Å². The molecule has 1 saturated carbocycles. The normalized spacial score (nSPS) is 30.5. The molecule has 2 aliphatic rings. The van der Waals surface area contributed by atoms with Crippen LogP contribution >= 0.6 is 0 Å². The Morgan fingerprint density at radius 3 is 2.79 bits per heavy atom. The SMILES string of the molecule is CC(CC1CC1)N1CCCC1C(=O)O. The number of carboxylic acids is 1. The molecule has 0 aromatic heterocycles. The third-order valence-corrected chi connectivity index (χ3v) is 3.52. The van der Waals surface area contributed by atoms with Crippen molar-refractivity contribution in [1.82, 2.24) is 4.90 Å². The summed E-state index contributed by atoms with van der Waals surface area (Å²) in [7, 11) is 0. The van der Waals surface area contributed by atoms with Crippen molar-refractivity contribution in [3.63, 3.8) is 0 Å². The second-order valence-corrected chi connectivity index (χ2v) is 4.76. The molecule has 3 nitrogen and oxygen atoms in total. The van der Waals surface area contributed by atoms with Crippen molar-refractivity contribution >= 4 is 5.97 Å². The highest BCUT2D eigenvalue weighted by Gasteiger charge is 2.35. The fraction of sp³-hybridized carbons (Fsp3) is 0.909. The molecule has 2 rings (SSSR count). The molecule has 1 N–H and O–H groups in total. The highest BCUT2D eigenvalue weighted by Crippen LogP contribution is 2.36. The quantitative estimate of drug-likeness (QED) is 0.746. The molecule has 2 atom stereocenters. The lowest BCUT2D eigenvalue weighted by molar-refractivity contribution is -0.142. The van der Waals surface area contributed by atoms with Crippen molar-refractivity contribution in [2.75, 3.05) is 6.54 Å². The zero-order chi connectivity index (χ0) is 10.1. The van der Waals surface area contributed by atoms with E-state index in [4.69, 9.17) is 5.11 Å². The lowest BCUT2D eigenvalue weighted by atomic mass is 10.1. The molecule has 1 heterocycles. The molecule has 0 aromatic rings. The molecule has 0 amide bonds. The van der Waals surface area contributed by atoms with E-state index in [9.17, 15) is 4.79 Å². The van der Waals surface area contributed by atoms with Gasteiger partial charge in [-0.1, -0.05) is 12.8 Å². The Balaban J connectivity index is 1.90. The summed E-state index contributed by atoms with van der Waals surface area (Å²) in [6, 6.07) is 0.259.